The molecule has 1 aromatic rings. The lowest BCUT2D eigenvalue weighted by atomic mass is 9.98. The van der Waals surface area contributed by atoms with Gasteiger partial charge in [0.1, 0.15) is 5.75 Å². The highest BCUT2D eigenvalue weighted by molar-refractivity contribution is 5.75. The number of rotatable bonds is 7. The molecular formula is C17H31N9O. The lowest BCUT2D eigenvalue weighted by Gasteiger charge is -2.24. The molecule has 1 aromatic heterocycles. The number of aryl methyl sites for hydroxylation is 1. The van der Waals surface area contributed by atoms with E-state index in [1.165, 1.54) is 24.3 Å². The van der Waals surface area contributed by atoms with Gasteiger partial charge in [0, 0.05) is 7.05 Å². The molecule has 1 aliphatic rings. The molecule has 10 N–H and O–H groups in total. The number of hydrogen-bond acceptors (Lipinski definition) is 8. The summed E-state index contributed by atoms with van der Waals surface area (Å²) in [7, 11) is 1.65. The third-order valence-corrected chi connectivity index (χ3v) is 4.45. The van der Waals surface area contributed by atoms with E-state index < -0.39 is 0 Å². The van der Waals surface area contributed by atoms with E-state index in [-0.39, 0.29) is 18.6 Å². The summed E-state index contributed by atoms with van der Waals surface area (Å²) in [6.07, 6.45) is 6.13. The fourth-order valence-electron chi connectivity index (χ4n) is 3.06. The molecule has 1 heterocycles. The molecule has 0 spiro atoms. The molecule has 0 aliphatic heterocycles. The third kappa shape index (κ3) is 5.90. The Morgan fingerprint density at radius 3 is 2.41 bits per heavy atom. The van der Waals surface area contributed by atoms with Gasteiger partial charge in [0.05, 0.1) is 35.4 Å². The van der Waals surface area contributed by atoms with Crippen LogP contribution >= 0.6 is 0 Å². The van der Waals surface area contributed by atoms with Crippen LogP contribution in [0, 0.1) is 6.92 Å². The van der Waals surface area contributed by atoms with Crippen LogP contribution < -0.4 is 33.6 Å². The van der Waals surface area contributed by atoms with Crippen LogP contribution in [0.1, 0.15) is 43.5 Å². The summed E-state index contributed by atoms with van der Waals surface area (Å²) in [5.74, 6) is 12.3. The lowest BCUT2D eigenvalue weighted by Crippen LogP contribution is -2.39. The number of likely N-dealkylation sites (N-methyl/N-ethyl adjacent to an activating group) is 1. The summed E-state index contributed by atoms with van der Waals surface area (Å²) >= 11 is 0. The van der Waals surface area contributed by atoms with Crippen molar-refractivity contribution in [3.05, 3.63) is 29.2 Å². The standard InChI is InChI=1S/C17H31N9O/c1-11-15(27-12-6-4-3-5-7-12)9-8-13(23-11)16(18)14(25(2)21)10-26(22)24-17(19)20/h8-9,12H,3-7,10,18,21-22H2,1-2H3,(H4,19,20,24)/b16-14-. The van der Waals surface area contributed by atoms with E-state index in [2.05, 4.69) is 10.1 Å². The fourth-order valence-corrected chi connectivity index (χ4v) is 3.06. The van der Waals surface area contributed by atoms with E-state index in [0.717, 1.165) is 29.4 Å². The number of hydrazine groups is 2. The van der Waals surface area contributed by atoms with Crippen LogP contribution in [0.15, 0.2) is 22.9 Å². The van der Waals surface area contributed by atoms with Gasteiger partial charge in [0.2, 0.25) is 5.96 Å². The van der Waals surface area contributed by atoms with Crippen LogP contribution in [-0.2, 0) is 0 Å². The molecule has 10 nitrogen and oxygen atoms in total. The van der Waals surface area contributed by atoms with Crippen LogP contribution in [0.2, 0.25) is 0 Å². The van der Waals surface area contributed by atoms with Gasteiger partial charge in [-0.3, -0.25) is 0 Å². The summed E-state index contributed by atoms with van der Waals surface area (Å²) in [6.45, 7) is 2.01. The molecule has 0 bridgehead atoms. The highest BCUT2D eigenvalue weighted by Gasteiger charge is 2.18. The van der Waals surface area contributed by atoms with Crippen molar-refractivity contribution >= 4 is 11.7 Å². The van der Waals surface area contributed by atoms with Crippen LogP contribution in [0.25, 0.3) is 5.70 Å². The molecule has 27 heavy (non-hydrogen) atoms. The molecule has 0 radical (unpaired) electrons. The van der Waals surface area contributed by atoms with E-state index in [0.29, 0.717) is 17.1 Å². The molecule has 0 atom stereocenters. The first-order chi connectivity index (χ1) is 12.8. The summed E-state index contributed by atoms with van der Waals surface area (Å²) < 4.78 is 6.11. The van der Waals surface area contributed by atoms with Crippen LogP contribution in [-0.4, -0.2) is 40.8 Å². The molecule has 1 saturated carbocycles. The second-order valence-corrected chi connectivity index (χ2v) is 6.75. The van der Waals surface area contributed by atoms with Gasteiger partial charge in [-0.1, -0.05) is 6.42 Å². The zero-order chi connectivity index (χ0) is 20.0. The van der Waals surface area contributed by atoms with Crippen LogP contribution in [0.3, 0.4) is 0 Å². The Labute approximate surface area is 159 Å². The van der Waals surface area contributed by atoms with Gasteiger partial charge in [-0.2, -0.15) is 0 Å². The minimum absolute atomic E-state index is 0.109. The summed E-state index contributed by atoms with van der Waals surface area (Å²) in [5, 5.41) is 6.17. The number of nitrogens with zero attached hydrogens (tertiary/aromatic N) is 4. The van der Waals surface area contributed by atoms with Gasteiger partial charge in [-0.15, -0.1) is 5.10 Å². The molecule has 10 heteroatoms. The Balaban J connectivity index is 2.21. The highest BCUT2D eigenvalue weighted by atomic mass is 16.5. The topological polar surface area (TPSA) is 171 Å². The molecule has 1 aliphatic carbocycles. The second kappa shape index (κ2) is 9.28. The smallest absolute Gasteiger partial charge is 0.210 e. The van der Waals surface area contributed by atoms with Gasteiger partial charge in [-0.25, -0.2) is 21.8 Å². The van der Waals surface area contributed by atoms with Gasteiger partial charge in [0.15, 0.2) is 0 Å². The van der Waals surface area contributed by atoms with E-state index >= 15 is 0 Å². The van der Waals surface area contributed by atoms with Crippen molar-refractivity contribution in [2.45, 2.75) is 45.1 Å². The normalized spacial score (nSPS) is 15.7. The lowest BCUT2D eigenvalue weighted by molar-refractivity contribution is 0.153. The number of pyridine rings is 1. The summed E-state index contributed by atoms with van der Waals surface area (Å²) in [4.78, 5) is 4.58. The Bertz CT molecular complexity index is 692. The monoisotopic (exact) mass is 377 g/mol. The van der Waals surface area contributed by atoms with Crippen LogP contribution in [0.4, 0.5) is 0 Å². The maximum Gasteiger partial charge on any atom is 0.210 e. The molecule has 1 fully saturated rings. The zero-order valence-electron chi connectivity index (χ0n) is 16.1. The maximum atomic E-state index is 6.28. The highest BCUT2D eigenvalue weighted by Crippen LogP contribution is 2.26. The Kier molecular flexibility index (Phi) is 7.08. The SMILES string of the molecule is Cc1nc(/C(N)=C(\CN(N)N=C(N)N)N(C)N)ccc1OC1CCCCC1. The predicted octanol–water partition coefficient (Wildman–Crippen LogP) is -0.102. The Morgan fingerprint density at radius 2 is 1.85 bits per heavy atom. The number of hydrazone groups is 1. The zero-order valence-corrected chi connectivity index (χ0v) is 16.1. The van der Waals surface area contributed by atoms with E-state index in [1.807, 2.05) is 19.1 Å². The van der Waals surface area contributed by atoms with Crippen molar-refractivity contribution < 1.29 is 4.74 Å². The van der Waals surface area contributed by atoms with Crippen molar-refractivity contribution in [2.75, 3.05) is 13.6 Å². The van der Waals surface area contributed by atoms with Gasteiger partial charge in [-0.05, 0) is 44.7 Å². The minimum atomic E-state index is -0.159. The van der Waals surface area contributed by atoms with E-state index in [1.54, 1.807) is 7.05 Å². The summed E-state index contributed by atoms with van der Waals surface area (Å²) in [5.41, 5.74) is 19.2. The third-order valence-electron chi connectivity index (χ3n) is 4.45. The largest absolute Gasteiger partial charge is 0.489 e. The van der Waals surface area contributed by atoms with Crippen molar-refractivity contribution in [2.24, 2.45) is 34.0 Å². The number of hydrogen-bond donors (Lipinski definition) is 5. The predicted molar refractivity (Wildman–Crippen MR) is 106 cm³/mol. The fraction of sp³-hybridized carbons (Fsp3) is 0.529. The first kappa shape index (κ1) is 20.6. The molecule has 0 saturated heterocycles. The van der Waals surface area contributed by atoms with Gasteiger partial charge < -0.3 is 26.9 Å². The Morgan fingerprint density at radius 1 is 1.19 bits per heavy atom. The van der Waals surface area contributed by atoms with Crippen molar-refractivity contribution in [3.8, 4) is 5.75 Å². The van der Waals surface area contributed by atoms with Crippen molar-refractivity contribution in [1.82, 2.24) is 15.1 Å². The summed E-state index contributed by atoms with van der Waals surface area (Å²) in [6, 6.07) is 3.70. The average Bonchev–Trinajstić information content (AvgIpc) is 2.61. The quantitative estimate of drug-likeness (QED) is 0.188. The Hall–Kier alpha value is -2.72. The van der Waals surface area contributed by atoms with E-state index in [9.17, 15) is 0 Å². The number of ether oxygens (including phenoxy) is 1. The minimum Gasteiger partial charge on any atom is -0.489 e. The first-order valence-electron chi connectivity index (χ1n) is 9.01. The second-order valence-electron chi connectivity index (χ2n) is 6.75. The maximum absolute atomic E-state index is 6.28. The number of nitrogens with two attached hydrogens (primary N) is 5. The average molecular weight is 377 g/mol. The number of guanidine groups is 1. The van der Waals surface area contributed by atoms with Crippen molar-refractivity contribution in [3.63, 3.8) is 0 Å². The molecule has 2 rings (SSSR count). The van der Waals surface area contributed by atoms with Crippen molar-refractivity contribution in [1.29, 1.82) is 0 Å². The number of aromatic nitrogens is 1. The van der Waals surface area contributed by atoms with Gasteiger partial charge in [0.25, 0.3) is 0 Å². The van der Waals surface area contributed by atoms with Gasteiger partial charge >= 0.3 is 0 Å². The molecular weight excluding hydrogens is 346 g/mol. The molecule has 0 amide bonds. The van der Waals surface area contributed by atoms with E-state index in [4.69, 9.17) is 33.6 Å². The van der Waals surface area contributed by atoms with Crippen LogP contribution in [0.5, 0.6) is 5.75 Å². The first-order valence-corrected chi connectivity index (χ1v) is 9.01. The molecule has 0 aromatic carbocycles. The molecule has 0 unspecified atom stereocenters. The molecule has 150 valence electrons.